The summed E-state index contributed by atoms with van der Waals surface area (Å²) >= 11 is 5.19. The van der Waals surface area contributed by atoms with Crippen molar-refractivity contribution in [2.24, 2.45) is 0 Å². The minimum Gasteiger partial charge on any atom is -0.434 e. The molecule has 2 fully saturated rings. The van der Waals surface area contributed by atoms with Gasteiger partial charge in [0.25, 0.3) is 11.0 Å². The summed E-state index contributed by atoms with van der Waals surface area (Å²) in [6, 6.07) is 20.9. The van der Waals surface area contributed by atoms with Gasteiger partial charge in [-0.1, -0.05) is 48.5 Å². The Hall–Kier alpha value is -2.11. The van der Waals surface area contributed by atoms with Gasteiger partial charge in [-0.25, -0.2) is 0 Å². The number of aliphatic hydroxyl groups is 1. The maximum atomic E-state index is 11.1. The fraction of sp³-hybridized carbons (Fsp3) is 0.350. The van der Waals surface area contributed by atoms with Crippen LogP contribution >= 0.6 is 12.2 Å². The zero-order valence-electron chi connectivity index (χ0n) is 14.2. The van der Waals surface area contributed by atoms with Gasteiger partial charge in [-0.05, 0) is 49.7 Å². The summed E-state index contributed by atoms with van der Waals surface area (Å²) in [7, 11) is 0. The van der Waals surface area contributed by atoms with Crippen molar-refractivity contribution >= 4 is 23.1 Å². The Bertz CT molecular complexity index is 770. The molecule has 2 aliphatic heterocycles. The lowest BCUT2D eigenvalue weighted by molar-refractivity contribution is -0.176. The molecule has 0 aliphatic carbocycles. The molecule has 0 radical (unpaired) electrons. The van der Waals surface area contributed by atoms with E-state index in [4.69, 9.17) is 17.0 Å². The Kier molecular flexibility index (Phi) is 3.93. The van der Waals surface area contributed by atoms with Crippen LogP contribution in [0.15, 0.2) is 60.7 Å². The first-order chi connectivity index (χ1) is 12.0. The molecule has 2 aliphatic rings. The fourth-order valence-electron chi connectivity index (χ4n) is 3.96. The number of β-amino-alcohol motifs (C(OH)–C–C–N with tert-alkyl or cyclic N) is 1. The molecule has 2 aromatic carbocycles. The number of nitrogens with one attached hydrogen (secondary N) is 1. The van der Waals surface area contributed by atoms with Crippen molar-refractivity contribution in [3.63, 3.8) is 0 Å². The molecule has 2 aromatic rings. The van der Waals surface area contributed by atoms with E-state index in [2.05, 4.69) is 46.6 Å². The normalized spacial score (nSPS) is 31.2. The van der Waals surface area contributed by atoms with Crippen molar-refractivity contribution in [3.8, 4) is 0 Å². The Balaban J connectivity index is 1.70. The minimum atomic E-state index is -1.33. The van der Waals surface area contributed by atoms with Crippen LogP contribution < -0.4 is 10.2 Å². The van der Waals surface area contributed by atoms with Crippen molar-refractivity contribution in [1.29, 1.82) is 0 Å². The van der Waals surface area contributed by atoms with Crippen LogP contribution in [0.4, 0.5) is 5.69 Å². The molecule has 25 heavy (non-hydrogen) atoms. The highest BCUT2D eigenvalue weighted by molar-refractivity contribution is 7.80. The van der Waals surface area contributed by atoms with E-state index in [9.17, 15) is 5.11 Å². The lowest BCUT2D eigenvalue weighted by Crippen LogP contribution is -2.68. The number of benzene rings is 2. The highest BCUT2D eigenvalue weighted by Crippen LogP contribution is 2.42. The molecule has 5 heteroatoms. The molecule has 3 atom stereocenters. The third kappa shape index (κ3) is 2.87. The number of nitrogens with zero attached hydrogens (tertiary/aromatic N) is 1. The summed E-state index contributed by atoms with van der Waals surface area (Å²) in [6.07, 6.45) is 1.63. The second kappa shape index (κ2) is 6.00. The number of anilines is 1. The van der Waals surface area contributed by atoms with Gasteiger partial charge < -0.3 is 20.1 Å². The van der Waals surface area contributed by atoms with Crippen LogP contribution in [0.1, 0.15) is 18.9 Å². The summed E-state index contributed by atoms with van der Waals surface area (Å²) in [5, 5.41) is 14.6. The van der Waals surface area contributed by atoms with E-state index < -0.39 is 11.3 Å². The Labute approximate surface area is 153 Å². The van der Waals surface area contributed by atoms with Crippen molar-refractivity contribution in [2.75, 3.05) is 11.4 Å². The van der Waals surface area contributed by atoms with Gasteiger partial charge in [-0.2, -0.15) is 0 Å². The van der Waals surface area contributed by atoms with Gasteiger partial charge in [0.2, 0.25) is 0 Å². The van der Waals surface area contributed by atoms with E-state index in [0.29, 0.717) is 6.54 Å². The lowest BCUT2D eigenvalue weighted by atomic mass is 9.78. The first-order valence-electron chi connectivity index (χ1n) is 8.58. The Morgan fingerprint density at radius 1 is 1.16 bits per heavy atom. The number of fused-ring (bicyclic) bond motifs is 1. The van der Waals surface area contributed by atoms with E-state index in [1.165, 1.54) is 5.56 Å². The lowest BCUT2D eigenvalue weighted by Gasteiger charge is -2.50. The largest absolute Gasteiger partial charge is 0.434 e. The average Bonchev–Trinajstić information content (AvgIpc) is 2.83. The van der Waals surface area contributed by atoms with Crippen molar-refractivity contribution < 1.29 is 9.84 Å². The third-order valence-corrected chi connectivity index (χ3v) is 5.56. The van der Waals surface area contributed by atoms with Crippen LogP contribution in [0.3, 0.4) is 0 Å². The Morgan fingerprint density at radius 2 is 1.80 bits per heavy atom. The molecule has 2 heterocycles. The van der Waals surface area contributed by atoms with E-state index in [-0.39, 0.29) is 11.2 Å². The molecule has 0 amide bonds. The summed E-state index contributed by atoms with van der Waals surface area (Å²) in [5.41, 5.74) is 1.78. The monoisotopic (exact) mass is 354 g/mol. The Morgan fingerprint density at radius 3 is 2.48 bits per heavy atom. The summed E-state index contributed by atoms with van der Waals surface area (Å²) < 4.78 is 5.64. The zero-order chi connectivity index (χ0) is 17.5. The van der Waals surface area contributed by atoms with Crippen molar-refractivity contribution in [1.82, 2.24) is 5.32 Å². The second-order valence-corrected chi connectivity index (χ2v) is 7.51. The molecular weight excluding hydrogens is 332 g/mol. The van der Waals surface area contributed by atoms with Gasteiger partial charge in [-0.15, -0.1) is 0 Å². The number of piperidine rings is 1. The third-order valence-electron chi connectivity index (χ3n) is 5.37. The zero-order valence-corrected chi connectivity index (χ0v) is 15.0. The quantitative estimate of drug-likeness (QED) is 0.830. The molecule has 0 spiro atoms. The van der Waals surface area contributed by atoms with Crippen LogP contribution in [0.25, 0.3) is 0 Å². The number of thiocarbonyl (C=S) groups is 1. The fourth-order valence-corrected chi connectivity index (χ4v) is 4.33. The second-order valence-electron chi connectivity index (χ2n) is 7.14. The van der Waals surface area contributed by atoms with Gasteiger partial charge >= 0.3 is 0 Å². The molecule has 130 valence electrons. The van der Waals surface area contributed by atoms with Gasteiger partial charge in [0, 0.05) is 11.7 Å². The SMILES string of the molecule is CC12CC(Cc3ccccc3)N(c3ccccc3)CC1(O)OC(=S)N2. The minimum absolute atomic E-state index is 0.229. The van der Waals surface area contributed by atoms with Crippen molar-refractivity contribution in [2.45, 2.75) is 37.1 Å². The molecule has 3 unspecified atom stereocenters. The molecule has 2 N–H and O–H groups in total. The predicted octanol–water partition coefficient (Wildman–Crippen LogP) is 2.86. The molecule has 0 saturated carbocycles. The standard InChI is InChI=1S/C20H22N2O2S/c1-19-13-17(12-15-8-4-2-5-9-15)22(16-10-6-3-7-11-16)14-20(19,23)24-18(25)21-19/h2-11,17,23H,12-14H2,1H3,(H,21,25). The average molecular weight is 354 g/mol. The molecule has 0 bridgehead atoms. The van der Waals surface area contributed by atoms with Gasteiger partial charge in [0.1, 0.15) is 5.54 Å². The van der Waals surface area contributed by atoms with Crippen molar-refractivity contribution in [3.05, 3.63) is 66.2 Å². The predicted molar refractivity (Wildman–Crippen MR) is 103 cm³/mol. The molecule has 4 nitrogen and oxygen atoms in total. The first-order valence-corrected chi connectivity index (χ1v) is 8.99. The number of ether oxygens (including phenoxy) is 1. The number of rotatable bonds is 3. The van der Waals surface area contributed by atoms with Crippen LogP contribution in [0.5, 0.6) is 0 Å². The molecular formula is C20H22N2O2S. The maximum Gasteiger partial charge on any atom is 0.259 e. The highest BCUT2D eigenvalue weighted by atomic mass is 32.1. The smallest absolute Gasteiger partial charge is 0.259 e. The van der Waals surface area contributed by atoms with E-state index >= 15 is 0 Å². The van der Waals surface area contributed by atoms with Crippen LogP contribution in [0, 0.1) is 0 Å². The van der Waals surface area contributed by atoms with Crippen LogP contribution in [-0.2, 0) is 11.2 Å². The summed E-state index contributed by atoms with van der Waals surface area (Å²) in [4.78, 5) is 2.24. The first kappa shape index (κ1) is 16.4. The van der Waals surface area contributed by atoms with Gasteiger partial charge in [0.15, 0.2) is 0 Å². The van der Waals surface area contributed by atoms with Crippen LogP contribution in [-0.4, -0.2) is 34.2 Å². The van der Waals surface area contributed by atoms with Gasteiger partial charge in [-0.3, -0.25) is 0 Å². The molecule has 2 saturated heterocycles. The summed E-state index contributed by atoms with van der Waals surface area (Å²) in [6.45, 7) is 2.37. The topological polar surface area (TPSA) is 44.7 Å². The molecule has 0 aromatic heterocycles. The number of hydrogen-bond acceptors (Lipinski definition) is 4. The number of para-hydroxylation sites is 1. The van der Waals surface area contributed by atoms with Gasteiger partial charge in [0.05, 0.1) is 6.54 Å². The summed E-state index contributed by atoms with van der Waals surface area (Å²) in [5.74, 6) is -1.33. The van der Waals surface area contributed by atoms with E-state index in [0.717, 1.165) is 18.5 Å². The van der Waals surface area contributed by atoms with E-state index in [1.807, 2.05) is 31.2 Å². The molecule has 4 rings (SSSR count). The van der Waals surface area contributed by atoms with E-state index in [1.54, 1.807) is 0 Å². The highest BCUT2D eigenvalue weighted by Gasteiger charge is 2.60. The maximum absolute atomic E-state index is 11.1. The van der Waals surface area contributed by atoms with Crippen LogP contribution in [0.2, 0.25) is 0 Å². The number of hydrogen-bond donors (Lipinski definition) is 2.